The van der Waals surface area contributed by atoms with Crippen LogP contribution in [0.15, 0.2) is 0 Å². The van der Waals surface area contributed by atoms with Crippen molar-refractivity contribution in [1.82, 2.24) is 4.89 Å². The lowest BCUT2D eigenvalue weighted by molar-refractivity contribution is -0.870. The molecule has 74 valence electrons. The molecule has 0 fully saturated rings. The van der Waals surface area contributed by atoms with Crippen LogP contribution < -0.4 is 4.89 Å². The Bertz CT molecular complexity index is 146. The third kappa shape index (κ3) is 9.99. The van der Waals surface area contributed by atoms with Crippen molar-refractivity contribution in [3.63, 3.8) is 0 Å². The topological polar surface area (TPSA) is 61.4 Å². The second-order valence-corrected chi connectivity index (χ2v) is 4.17. The standard InChI is InChI=1S/C6H16N2O3S/c1-8(2,3)5-4-6-11-7-12(9)10/h7H,4-6H2,1-3H3. The smallest absolute Gasteiger partial charge is 0.0803 e. The van der Waals surface area contributed by atoms with Gasteiger partial charge in [0.25, 0.3) is 0 Å². The molecule has 1 unspecified atom stereocenters. The van der Waals surface area contributed by atoms with E-state index in [4.69, 9.17) is 0 Å². The van der Waals surface area contributed by atoms with E-state index in [0.717, 1.165) is 17.4 Å². The van der Waals surface area contributed by atoms with Crippen LogP contribution in [0.3, 0.4) is 0 Å². The van der Waals surface area contributed by atoms with Crippen molar-refractivity contribution >= 4 is 11.3 Å². The van der Waals surface area contributed by atoms with Crippen LogP contribution in [0.1, 0.15) is 6.42 Å². The second kappa shape index (κ2) is 5.60. The maximum Gasteiger partial charge on any atom is 0.0803 e. The normalized spacial score (nSPS) is 14.7. The van der Waals surface area contributed by atoms with Gasteiger partial charge in [0.05, 0.1) is 34.3 Å². The van der Waals surface area contributed by atoms with Crippen molar-refractivity contribution < 1.29 is 18.1 Å². The van der Waals surface area contributed by atoms with Crippen molar-refractivity contribution in [3.05, 3.63) is 0 Å². The Labute approximate surface area is 75.7 Å². The van der Waals surface area contributed by atoms with Gasteiger partial charge in [0.1, 0.15) is 0 Å². The lowest BCUT2D eigenvalue weighted by Crippen LogP contribution is -2.36. The summed E-state index contributed by atoms with van der Waals surface area (Å²) in [6.45, 7) is 1.36. The zero-order chi connectivity index (χ0) is 9.61. The van der Waals surface area contributed by atoms with Gasteiger partial charge < -0.3 is 9.04 Å². The number of quaternary nitrogens is 1. The molecule has 0 amide bonds. The van der Waals surface area contributed by atoms with Crippen molar-refractivity contribution in [2.24, 2.45) is 0 Å². The highest BCUT2D eigenvalue weighted by Gasteiger charge is 2.04. The van der Waals surface area contributed by atoms with Crippen molar-refractivity contribution in [2.45, 2.75) is 6.42 Å². The fourth-order valence-electron chi connectivity index (χ4n) is 0.701. The number of rotatable bonds is 6. The van der Waals surface area contributed by atoms with E-state index in [0.29, 0.717) is 6.61 Å². The van der Waals surface area contributed by atoms with Crippen LogP contribution in [0, 0.1) is 0 Å². The zero-order valence-electron chi connectivity index (χ0n) is 7.70. The van der Waals surface area contributed by atoms with Gasteiger partial charge in [-0.05, 0) is 0 Å². The van der Waals surface area contributed by atoms with Gasteiger partial charge in [-0.25, -0.2) is 0 Å². The molecule has 0 aromatic heterocycles. The van der Waals surface area contributed by atoms with Crippen LogP contribution in [0.2, 0.25) is 0 Å². The highest BCUT2D eigenvalue weighted by molar-refractivity contribution is 7.76. The molecule has 0 saturated heterocycles. The largest absolute Gasteiger partial charge is 0.758 e. The van der Waals surface area contributed by atoms with Crippen LogP contribution in [-0.2, 0) is 16.1 Å². The summed E-state index contributed by atoms with van der Waals surface area (Å²) in [7, 11) is 6.21. The lowest BCUT2D eigenvalue weighted by atomic mass is 10.4. The van der Waals surface area contributed by atoms with Gasteiger partial charge in [0.2, 0.25) is 0 Å². The highest BCUT2D eigenvalue weighted by atomic mass is 32.2. The number of hydrogen-bond acceptors (Lipinski definition) is 3. The minimum absolute atomic E-state index is 0.406. The van der Waals surface area contributed by atoms with E-state index in [1.165, 1.54) is 0 Å². The lowest BCUT2D eigenvalue weighted by Gasteiger charge is -2.23. The highest BCUT2D eigenvalue weighted by Crippen LogP contribution is 1.92. The van der Waals surface area contributed by atoms with Crippen LogP contribution >= 0.6 is 0 Å². The summed E-state index contributed by atoms with van der Waals surface area (Å²) in [6, 6.07) is 0. The van der Waals surface area contributed by atoms with E-state index in [-0.39, 0.29) is 0 Å². The average Bonchev–Trinajstić information content (AvgIpc) is 1.83. The van der Waals surface area contributed by atoms with E-state index in [9.17, 15) is 8.76 Å². The molecule has 0 aliphatic heterocycles. The molecule has 1 atom stereocenters. The Hall–Kier alpha value is -0.0100. The van der Waals surface area contributed by atoms with Crippen LogP contribution in [-0.4, -0.2) is 47.5 Å². The molecule has 0 rings (SSSR count). The van der Waals surface area contributed by atoms with Crippen molar-refractivity contribution in [3.8, 4) is 0 Å². The summed E-state index contributed by atoms with van der Waals surface area (Å²) in [5, 5.41) is 0. The molecule has 12 heavy (non-hydrogen) atoms. The zero-order valence-corrected chi connectivity index (χ0v) is 8.52. The minimum Gasteiger partial charge on any atom is -0.758 e. The Kier molecular flexibility index (Phi) is 5.60. The molecule has 0 aromatic rings. The first-order chi connectivity index (χ1) is 5.42. The monoisotopic (exact) mass is 196 g/mol. The molecule has 0 heterocycles. The molecule has 0 aromatic carbocycles. The summed E-state index contributed by atoms with van der Waals surface area (Å²) in [5.74, 6) is 0. The van der Waals surface area contributed by atoms with E-state index in [2.05, 4.69) is 26.0 Å². The Balaban J connectivity index is 3.17. The molecule has 0 aliphatic rings. The molecule has 0 saturated carbocycles. The van der Waals surface area contributed by atoms with Gasteiger partial charge in [-0.3, -0.25) is 9.05 Å². The number of hydrogen-bond donors (Lipinski definition) is 1. The molecule has 0 spiro atoms. The van der Waals surface area contributed by atoms with Gasteiger partial charge in [-0.1, -0.05) is 0 Å². The Morgan fingerprint density at radius 2 is 2.08 bits per heavy atom. The fraction of sp³-hybridized carbons (Fsp3) is 1.00. The second-order valence-electron chi connectivity index (χ2n) is 3.53. The Morgan fingerprint density at radius 3 is 2.50 bits per heavy atom. The number of nitrogens with one attached hydrogen (secondary N) is 1. The van der Waals surface area contributed by atoms with E-state index >= 15 is 0 Å². The maximum absolute atomic E-state index is 9.92. The van der Waals surface area contributed by atoms with Crippen molar-refractivity contribution in [1.29, 1.82) is 0 Å². The van der Waals surface area contributed by atoms with E-state index < -0.39 is 11.3 Å². The number of nitrogens with zero attached hydrogens (tertiary/aromatic N) is 1. The molecule has 0 radical (unpaired) electrons. The fourth-order valence-corrected chi connectivity index (χ4v) is 0.880. The van der Waals surface area contributed by atoms with Gasteiger partial charge in [0, 0.05) is 17.7 Å². The van der Waals surface area contributed by atoms with Gasteiger partial charge in [0.15, 0.2) is 0 Å². The first kappa shape index (κ1) is 12.0. The summed E-state index contributed by atoms with van der Waals surface area (Å²) in [5.41, 5.74) is 0. The van der Waals surface area contributed by atoms with Gasteiger partial charge >= 0.3 is 0 Å². The Morgan fingerprint density at radius 1 is 1.50 bits per heavy atom. The van der Waals surface area contributed by atoms with Gasteiger partial charge in [-0.2, -0.15) is 0 Å². The van der Waals surface area contributed by atoms with Crippen LogP contribution in [0.5, 0.6) is 0 Å². The first-order valence-corrected chi connectivity index (χ1v) is 4.76. The van der Waals surface area contributed by atoms with Gasteiger partial charge in [-0.15, -0.1) is 4.89 Å². The quantitative estimate of drug-likeness (QED) is 0.267. The van der Waals surface area contributed by atoms with Crippen molar-refractivity contribution in [2.75, 3.05) is 34.3 Å². The molecule has 1 N–H and O–H groups in total. The average molecular weight is 196 g/mol. The minimum atomic E-state index is -2.32. The van der Waals surface area contributed by atoms with Crippen LogP contribution in [0.4, 0.5) is 0 Å². The SMILES string of the molecule is C[N+](C)(C)CCCONS(=O)[O-]. The molecular weight excluding hydrogens is 180 g/mol. The molecule has 0 bridgehead atoms. The first-order valence-electron chi connectivity index (χ1n) is 3.69. The summed E-state index contributed by atoms with van der Waals surface area (Å²) >= 11 is -2.32. The molecule has 0 aliphatic carbocycles. The van der Waals surface area contributed by atoms with E-state index in [1.54, 1.807) is 0 Å². The van der Waals surface area contributed by atoms with Crippen LogP contribution in [0.25, 0.3) is 0 Å². The van der Waals surface area contributed by atoms with E-state index in [1.807, 2.05) is 4.89 Å². The maximum atomic E-state index is 9.92. The summed E-state index contributed by atoms with van der Waals surface area (Å²) in [6.07, 6.45) is 0.827. The summed E-state index contributed by atoms with van der Waals surface area (Å²) in [4.78, 5) is 6.46. The summed E-state index contributed by atoms with van der Waals surface area (Å²) < 4.78 is 20.7. The predicted molar refractivity (Wildman–Crippen MR) is 45.5 cm³/mol. The molecule has 6 heteroatoms. The molecule has 5 nitrogen and oxygen atoms in total. The third-order valence-corrected chi connectivity index (χ3v) is 1.46. The third-order valence-electron chi connectivity index (χ3n) is 1.20. The molecular formula is C6H16N2O3S. The predicted octanol–water partition coefficient (Wildman–Crippen LogP) is -0.602.